The Labute approximate surface area is 175 Å². The van der Waals surface area contributed by atoms with E-state index < -0.39 is 18.2 Å². The number of nitrogens with zero attached hydrogens (tertiary/aromatic N) is 4. The average molecular weight is 435 g/mol. The monoisotopic (exact) mass is 435 g/mol. The third-order valence-corrected chi connectivity index (χ3v) is 6.02. The van der Waals surface area contributed by atoms with Gasteiger partial charge in [-0.3, -0.25) is 9.48 Å². The molecule has 5 rings (SSSR count). The number of carbonyl (C=O) groups is 2. The third kappa shape index (κ3) is 3.51. The molecule has 0 radical (unpaired) electrons. The molecule has 1 N–H and O–H groups in total. The average Bonchev–Trinajstić information content (AvgIpc) is 3.14. The third-order valence-electron chi connectivity index (χ3n) is 6.02. The number of hydrogen-bond acceptors (Lipinski definition) is 6. The van der Waals surface area contributed by atoms with E-state index in [-0.39, 0.29) is 5.91 Å². The topological polar surface area (TPSA) is 89.3 Å². The van der Waals surface area contributed by atoms with E-state index in [0.717, 1.165) is 35.2 Å². The molecule has 0 atom stereocenters. The highest BCUT2D eigenvalue weighted by Gasteiger charge is 2.42. The molecule has 2 aromatic rings. The van der Waals surface area contributed by atoms with Crippen LogP contribution in [0.15, 0.2) is 12.3 Å². The Morgan fingerprint density at radius 3 is 2.71 bits per heavy atom. The van der Waals surface area contributed by atoms with Gasteiger partial charge >= 0.3 is 12.1 Å². The molecule has 3 aliphatic rings. The fraction of sp³-hybridized carbons (Fsp3) is 0.500. The molecule has 1 amide bonds. The smallest absolute Gasteiger partial charge is 0.456 e. The minimum absolute atomic E-state index is 0.104. The molecule has 1 aliphatic carbocycles. The van der Waals surface area contributed by atoms with Crippen LogP contribution in [-0.4, -0.2) is 58.6 Å². The van der Waals surface area contributed by atoms with E-state index in [0.29, 0.717) is 50.5 Å². The van der Waals surface area contributed by atoms with Crippen LogP contribution in [0.5, 0.6) is 0 Å². The predicted molar refractivity (Wildman–Crippen MR) is 103 cm³/mol. The Morgan fingerprint density at radius 2 is 1.97 bits per heavy atom. The summed E-state index contributed by atoms with van der Waals surface area (Å²) >= 11 is 0. The van der Waals surface area contributed by atoms with Gasteiger partial charge in [0.15, 0.2) is 0 Å². The van der Waals surface area contributed by atoms with Gasteiger partial charge in [-0.05, 0) is 24.5 Å². The number of ether oxygens (including phenoxy) is 1. The number of aryl methyl sites for hydroxylation is 1. The zero-order chi connectivity index (χ0) is 21.8. The zero-order valence-electron chi connectivity index (χ0n) is 16.5. The molecule has 0 bridgehead atoms. The van der Waals surface area contributed by atoms with Gasteiger partial charge < -0.3 is 15.0 Å². The number of hydrogen-bond donors (Lipinski definition) is 1. The fourth-order valence-corrected chi connectivity index (χ4v) is 4.47. The summed E-state index contributed by atoms with van der Waals surface area (Å²) in [5.41, 5.74) is 4.36. The number of nitrogens with one attached hydrogen (secondary N) is 1. The second-order valence-electron chi connectivity index (χ2n) is 7.94. The van der Waals surface area contributed by atoms with E-state index in [2.05, 4.69) is 20.1 Å². The maximum atomic E-state index is 12.4. The van der Waals surface area contributed by atoms with Crippen molar-refractivity contribution in [2.75, 3.05) is 24.5 Å². The Balaban J connectivity index is 1.35. The summed E-state index contributed by atoms with van der Waals surface area (Å²) < 4.78 is 43.6. The summed E-state index contributed by atoms with van der Waals surface area (Å²) in [6, 6.07) is 1.94. The second-order valence-corrected chi connectivity index (χ2v) is 7.94. The van der Waals surface area contributed by atoms with Crippen molar-refractivity contribution in [3.8, 4) is 11.3 Å². The highest BCUT2D eigenvalue weighted by atomic mass is 19.4. The number of pyridine rings is 1. The Hall–Kier alpha value is -3.11. The number of esters is 1. The summed E-state index contributed by atoms with van der Waals surface area (Å²) in [7, 11) is 0. The van der Waals surface area contributed by atoms with Gasteiger partial charge in [0, 0.05) is 49.8 Å². The number of piperidine rings is 1. The normalized spacial score (nSPS) is 18.7. The number of alkyl halides is 3. The van der Waals surface area contributed by atoms with Crippen molar-refractivity contribution in [1.82, 2.24) is 20.1 Å². The lowest BCUT2D eigenvalue weighted by atomic mass is 9.89. The highest BCUT2D eigenvalue weighted by molar-refractivity contribution is 5.97. The SMILES string of the molecule is O=C1NCCn2nc3c(c21)CCc1cnc(N2CCC(OC(=O)C(F)(F)F)CC2)cc1-3. The summed E-state index contributed by atoms with van der Waals surface area (Å²) in [5.74, 6) is -1.55. The molecule has 1 saturated heterocycles. The van der Waals surface area contributed by atoms with Crippen LogP contribution in [-0.2, 0) is 28.9 Å². The molecule has 31 heavy (non-hydrogen) atoms. The van der Waals surface area contributed by atoms with Crippen LogP contribution in [0.1, 0.15) is 34.5 Å². The molecule has 0 aromatic carbocycles. The van der Waals surface area contributed by atoms with Crippen LogP contribution in [0.2, 0.25) is 0 Å². The molecule has 164 valence electrons. The number of fused-ring (bicyclic) bond motifs is 5. The summed E-state index contributed by atoms with van der Waals surface area (Å²) in [4.78, 5) is 29.9. The van der Waals surface area contributed by atoms with Gasteiger partial charge in [0.1, 0.15) is 17.6 Å². The van der Waals surface area contributed by atoms with Crippen molar-refractivity contribution in [2.24, 2.45) is 0 Å². The molecular formula is C20H20F3N5O3. The Kier molecular flexibility index (Phi) is 4.63. The number of carbonyl (C=O) groups excluding carboxylic acids is 2. The van der Waals surface area contributed by atoms with E-state index in [9.17, 15) is 22.8 Å². The number of rotatable bonds is 2. The van der Waals surface area contributed by atoms with Gasteiger partial charge in [-0.1, -0.05) is 0 Å². The number of aromatic nitrogens is 3. The van der Waals surface area contributed by atoms with Crippen molar-refractivity contribution in [1.29, 1.82) is 0 Å². The predicted octanol–water partition coefficient (Wildman–Crippen LogP) is 1.86. The molecule has 2 aromatic heterocycles. The molecule has 1 fully saturated rings. The fourth-order valence-electron chi connectivity index (χ4n) is 4.47. The van der Waals surface area contributed by atoms with Gasteiger partial charge in [0.2, 0.25) is 0 Å². The molecule has 2 aliphatic heterocycles. The minimum Gasteiger partial charge on any atom is -0.456 e. The van der Waals surface area contributed by atoms with Crippen LogP contribution in [0.3, 0.4) is 0 Å². The molecule has 4 heterocycles. The molecule has 0 saturated carbocycles. The Bertz CT molecular complexity index is 1060. The maximum absolute atomic E-state index is 12.4. The van der Waals surface area contributed by atoms with Crippen molar-refractivity contribution in [2.45, 2.75) is 44.5 Å². The van der Waals surface area contributed by atoms with E-state index in [1.807, 2.05) is 17.2 Å². The minimum atomic E-state index is -4.98. The van der Waals surface area contributed by atoms with Crippen LogP contribution in [0.25, 0.3) is 11.3 Å². The standard InChI is InChI=1S/C20H20F3N5O3/c21-20(22,23)19(30)31-12-3-6-27(7-4-12)15-9-14-11(10-25-15)1-2-13-16(14)26-28-8-5-24-18(29)17(13)28/h9-10,12H,1-8H2,(H,24,29). The van der Waals surface area contributed by atoms with Crippen LogP contribution < -0.4 is 10.2 Å². The van der Waals surface area contributed by atoms with E-state index >= 15 is 0 Å². The van der Waals surface area contributed by atoms with E-state index in [1.54, 1.807) is 4.68 Å². The highest BCUT2D eigenvalue weighted by Crippen LogP contribution is 2.37. The maximum Gasteiger partial charge on any atom is 0.490 e. The summed E-state index contributed by atoms with van der Waals surface area (Å²) in [5, 5.41) is 7.54. The second kappa shape index (κ2) is 7.24. The van der Waals surface area contributed by atoms with Crippen molar-refractivity contribution < 1.29 is 27.5 Å². The lowest BCUT2D eigenvalue weighted by molar-refractivity contribution is -0.205. The number of amides is 1. The summed E-state index contributed by atoms with van der Waals surface area (Å²) in [6.07, 6.45) is -1.85. The van der Waals surface area contributed by atoms with Gasteiger partial charge in [0.25, 0.3) is 5.91 Å². The number of halogens is 3. The molecule has 8 nitrogen and oxygen atoms in total. The molecular weight excluding hydrogens is 415 g/mol. The van der Waals surface area contributed by atoms with Crippen LogP contribution >= 0.6 is 0 Å². The quantitative estimate of drug-likeness (QED) is 0.725. The van der Waals surface area contributed by atoms with Gasteiger partial charge in [-0.15, -0.1) is 0 Å². The first-order chi connectivity index (χ1) is 14.8. The largest absolute Gasteiger partial charge is 0.490 e. The van der Waals surface area contributed by atoms with Crippen LogP contribution in [0, 0.1) is 0 Å². The van der Waals surface area contributed by atoms with E-state index in [4.69, 9.17) is 0 Å². The van der Waals surface area contributed by atoms with Gasteiger partial charge in [0.05, 0.1) is 12.2 Å². The van der Waals surface area contributed by atoms with Gasteiger partial charge in [-0.2, -0.15) is 18.3 Å². The van der Waals surface area contributed by atoms with Crippen molar-refractivity contribution in [3.05, 3.63) is 29.1 Å². The molecule has 0 spiro atoms. The van der Waals surface area contributed by atoms with Crippen molar-refractivity contribution in [3.63, 3.8) is 0 Å². The van der Waals surface area contributed by atoms with Crippen LogP contribution in [0.4, 0.5) is 19.0 Å². The molecule has 11 heteroatoms. The molecule has 0 unspecified atom stereocenters. The van der Waals surface area contributed by atoms with E-state index in [1.165, 1.54) is 0 Å². The first-order valence-corrected chi connectivity index (χ1v) is 10.2. The number of anilines is 1. The zero-order valence-corrected chi connectivity index (χ0v) is 16.5. The first kappa shape index (κ1) is 19.8. The Morgan fingerprint density at radius 1 is 1.19 bits per heavy atom. The lowest BCUT2D eigenvalue weighted by Crippen LogP contribution is -2.40. The summed E-state index contributed by atoms with van der Waals surface area (Å²) in [6.45, 7) is 2.04. The lowest BCUT2D eigenvalue weighted by Gasteiger charge is -2.33. The first-order valence-electron chi connectivity index (χ1n) is 10.2. The van der Waals surface area contributed by atoms with Crippen molar-refractivity contribution >= 4 is 17.7 Å². The van der Waals surface area contributed by atoms with Gasteiger partial charge in [-0.25, -0.2) is 9.78 Å².